The second-order valence-electron chi connectivity index (χ2n) is 9.78. The third kappa shape index (κ3) is 6.37. The summed E-state index contributed by atoms with van der Waals surface area (Å²) in [7, 11) is 0. The second kappa shape index (κ2) is 12.8. The predicted octanol–water partition coefficient (Wildman–Crippen LogP) is 2.68. The lowest BCUT2D eigenvalue weighted by Gasteiger charge is -2.37. The van der Waals surface area contributed by atoms with Crippen LogP contribution in [-0.2, 0) is 11.0 Å². The molecule has 0 spiro atoms. The van der Waals surface area contributed by atoms with Crippen LogP contribution in [0, 0.1) is 0 Å². The maximum absolute atomic E-state index is 13.4. The SMILES string of the molecule is O=C(NC1CNC1)N1CCN(C(=O)c2ccc(Nc3nccn4c(-c5cn[nH]c5C(F)(F)F)cnc34)cc2Cl)CC1.O=CO. The summed E-state index contributed by atoms with van der Waals surface area (Å²) in [6.07, 6.45) is 0.715. The van der Waals surface area contributed by atoms with Crippen molar-refractivity contribution in [2.45, 2.75) is 12.2 Å². The maximum atomic E-state index is 13.4. The highest BCUT2D eigenvalue weighted by Gasteiger charge is 2.37. The first kappa shape index (κ1) is 30.6. The molecule has 2 aliphatic rings. The van der Waals surface area contributed by atoms with Gasteiger partial charge in [0.2, 0.25) is 0 Å². The molecule has 44 heavy (non-hydrogen) atoms. The fourth-order valence-corrected chi connectivity index (χ4v) is 5.01. The zero-order valence-electron chi connectivity index (χ0n) is 22.8. The Morgan fingerprint density at radius 3 is 2.43 bits per heavy atom. The minimum atomic E-state index is -4.62. The van der Waals surface area contributed by atoms with Crippen LogP contribution in [0.25, 0.3) is 16.9 Å². The number of carbonyl (C=O) groups is 3. The zero-order chi connectivity index (χ0) is 31.4. The summed E-state index contributed by atoms with van der Waals surface area (Å²) in [6.45, 7) is 2.87. The first-order chi connectivity index (χ1) is 21.1. The Morgan fingerprint density at radius 1 is 1.09 bits per heavy atom. The summed E-state index contributed by atoms with van der Waals surface area (Å²) in [5, 5.41) is 21.8. The molecule has 5 N–H and O–H groups in total. The van der Waals surface area contributed by atoms with Crippen molar-refractivity contribution in [3.8, 4) is 11.3 Å². The van der Waals surface area contributed by atoms with Gasteiger partial charge in [-0.2, -0.15) is 18.3 Å². The van der Waals surface area contributed by atoms with Crippen LogP contribution in [0.1, 0.15) is 16.1 Å². The molecule has 2 aliphatic heterocycles. The van der Waals surface area contributed by atoms with Gasteiger partial charge in [-0.1, -0.05) is 11.6 Å². The number of H-pyrrole nitrogens is 1. The van der Waals surface area contributed by atoms with E-state index in [1.807, 2.05) is 5.10 Å². The van der Waals surface area contributed by atoms with Crippen molar-refractivity contribution in [2.75, 3.05) is 44.6 Å². The Kier molecular flexibility index (Phi) is 8.86. The summed E-state index contributed by atoms with van der Waals surface area (Å²) in [4.78, 5) is 45.8. The van der Waals surface area contributed by atoms with Crippen LogP contribution in [0.2, 0.25) is 5.02 Å². The average molecular weight is 635 g/mol. The molecule has 2 fully saturated rings. The fraction of sp³-hybridized carbons (Fsp3) is 0.308. The highest BCUT2D eigenvalue weighted by Crippen LogP contribution is 2.36. The molecule has 0 saturated carbocycles. The van der Waals surface area contributed by atoms with E-state index in [-0.39, 0.29) is 52.2 Å². The third-order valence-electron chi connectivity index (χ3n) is 7.05. The normalized spacial score (nSPS) is 15.3. The standard InChI is InChI=1S/C25H24ClF3N10O2.CH2O2/c26-18-9-14(1-2-16(18)23(40)37-5-7-38(8-6-37)24(41)35-15-10-30-11-15)34-21-22-32-13-19(39(22)4-3-31-21)17-12-33-36-20(17)25(27,28)29;2-1-3/h1-4,9,12-13,15,30H,5-8,10-11H2,(H,31,34)(H,33,36)(H,35,41);1H,(H,2,3). The monoisotopic (exact) mass is 634 g/mol. The van der Waals surface area contributed by atoms with Crippen molar-refractivity contribution < 1.29 is 32.7 Å². The number of hydrogen-bond donors (Lipinski definition) is 5. The molecule has 0 atom stereocenters. The van der Waals surface area contributed by atoms with Gasteiger partial charge in [-0.15, -0.1) is 0 Å². The van der Waals surface area contributed by atoms with Crippen LogP contribution in [0.3, 0.4) is 0 Å². The van der Waals surface area contributed by atoms with Gasteiger partial charge < -0.3 is 30.9 Å². The molecule has 0 radical (unpaired) electrons. The quantitative estimate of drug-likeness (QED) is 0.207. The Balaban J connectivity index is 0.00000123. The van der Waals surface area contributed by atoms with Gasteiger partial charge in [-0.3, -0.25) is 19.1 Å². The number of urea groups is 1. The van der Waals surface area contributed by atoms with Crippen LogP contribution in [-0.4, -0.2) is 103 Å². The van der Waals surface area contributed by atoms with E-state index in [1.165, 1.54) is 23.0 Å². The molecule has 0 unspecified atom stereocenters. The Morgan fingerprint density at radius 2 is 1.80 bits per heavy atom. The van der Waals surface area contributed by atoms with Crippen LogP contribution in [0.5, 0.6) is 0 Å². The van der Waals surface area contributed by atoms with Crippen molar-refractivity contribution >= 4 is 47.2 Å². The van der Waals surface area contributed by atoms with E-state index in [1.54, 1.807) is 28.0 Å². The summed E-state index contributed by atoms with van der Waals surface area (Å²) >= 11 is 6.49. The predicted molar refractivity (Wildman–Crippen MR) is 152 cm³/mol. The van der Waals surface area contributed by atoms with Crippen molar-refractivity contribution in [3.05, 3.63) is 59.3 Å². The van der Waals surface area contributed by atoms with E-state index < -0.39 is 11.9 Å². The largest absolute Gasteiger partial charge is 0.483 e. The van der Waals surface area contributed by atoms with Gasteiger partial charge in [0, 0.05) is 57.3 Å². The number of carboxylic acid groups (broad SMARTS) is 1. The van der Waals surface area contributed by atoms with E-state index in [9.17, 15) is 22.8 Å². The van der Waals surface area contributed by atoms with Gasteiger partial charge in [0.25, 0.3) is 12.4 Å². The molecular formula is C26H26ClF3N10O4. The number of aromatic amines is 1. The molecule has 6 rings (SSSR count). The van der Waals surface area contributed by atoms with Crippen LogP contribution in [0.15, 0.2) is 43.0 Å². The number of fused-ring (bicyclic) bond motifs is 1. The third-order valence-corrected chi connectivity index (χ3v) is 7.36. The maximum Gasteiger partial charge on any atom is 0.433 e. The minimum Gasteiger partial charge on any atom is -0.483 e. The number of nitrogens with one attached hydrogen (secondary N) is 4. The Bertz CT molecular complexity index is 1670. The number of imidazole rings is 1. The number of anilines is 2. The van der Waals surface area contributed by atoms with Crippen LogP contribution in [0.4, 0.5) is 29.5 Å². The first-order valence-corrected chi connectivity index (χ1v) is 13.6. The number of alkyl halides is 3. The lowest BCUT2D eigenvalue weighted by Crippen LogP contribution is -2.61. The van der Waals surface area contributed by atoms with E-state index >= 15 is 0 Å². The number of hydrogen-bond acceptors (Lipinski definition) is 8. The van der Waals surface area contributed by atoms with Crippen LogP contribution < -0.4 is 16.0 Å². The van der Waals surface area contributed by atoms with E-state index in [0.29, 0.717) is 37.4 Å². The molecule has 232 valence electrons. The van der Waals surface area contributed by atoms with E-state index in [4.69, 9.17) is 21.5 Å². The molecule has 3 aromatic heterocycles. The fourth-order valence-electron chi connectivity index (χ4n) is 4.75. The molecule has 1 aromatic carbocycles. The molecule has 2 saturated heterocycles. The first-order valence-electron chi connectivity index (χ1n) is 13.2. The molecule has 5 heterocycles. The number of rotatable bonds is 5. The zero-order valence-corrected chi connectivity index (χ0v) is 23.6. The molecule has 0 aliphatic carbocycles. The van der Waals surface area contributed by atoms with Gasteiger partial charge in [0.1, 0.15) is 5.69 Å². The van der Waals surface area contributed by atoms with E-state index in [2.05, 4.69) is 31.0 Å². The van der Waals surface area contributed by atoms with Gasteiger partial charge in [0.05, 0.1) is 40.3 Å². The minimum absolute atomic E-state index is 0.129. The second-order valence-corrected chi connectivity index (χ2v) is 10.2. The topological polar surface area (TPSA) is 173 Å². The number of nitrogens with zero attached hydrogens (tertiary/aromatic N) is 6. The van der Waals surface area contributed by atoms with Gasteiger partial charge in [-0.05, 0) is 18.2 Å². The highest BCUT2D eigenvalue weighted by molar-refractivity contribution is 6.34. The number of benzene rings is 1. The molecular weight excluding hydrogens is 609 g/mol. The highest BCUT2D eigenvalue weighted by atomic mass is 35.5. The lowest BCUT2D eigenvalue weighted by molar-refractivity contribution is -0.140. The molecule has 0 bridgehead atoms. The number of carbonyl (C=O) groups excluding carboxylic acids is 2. The van der Waals surface area contributed by atoms with Crippen molar-refractivity contribution in [3.63, 3.8) is 0 Å². The summed E-state index contributed by atoms with van der Waals surface area (Å²) < 4.78 is 41.7. The molecule has 3 amide bonds. The number of amides is 3. The number of piperazine rings is 1. The van der Waals surface area contributed by atoms with Gasteiger partial charge in [-0.25, -0.2) is 14.8 Å². The van der Waals surface area contributed by atoms with Crippen molar-refractivity contribution in [1.29, 1.82) is 0 Å². The smallest absolute Gasteiger partial charge is 0.433 e. The molecule has 18 heteroatoms. The molecule has 14 nitrogen and oxygen atoms in total. The van der Waals surface area contributed by atoms with E-state index in [0.717, 1.165) is 19.3 Å². The molecule has 4 aromatic rings. The van der Waals surface area contributed by atoms with Crippen LogP contribution >= 0.6 is 11.6 Å². The summed E-state index contributed by atoms with van der Waals surface area (Å²) in [6, 6.07) is 4.83. The number of aromatic nitrogens is 5. The lowest BCUT2D eigenvalue weighted by atomic mass is 10.1. The summed E-state index contributed by atoms with van der Waals surface area (Å²) in [5.74, 6) is 0.0292. The Hall–Kier alpha value is -4.90. The number of halogens is 4. The van der Waals surface area contributed by atoms with Crippen molar-refractivity contribution in [1.82, 2.24) is 45.0 Å². The summed E-state index contributed by atoms with van der Waals surface area (Å²) in [5.41, 5.74) is 0.151. The van der Waals surface area contributed by atoms with Gasteiger partial charge in [0.15, 0.2) is 11.5 Å². The van der Waals surface area contributed by atoms with Crippen molar-refractivity contribution in [2.24, 2.45) is 0 Å². The van der Waals surface area contributed by atoms with Gasteiger partial charge >= 0.3 is 12.2 Å². The average Bonchev–Trinajstić information content (AvgIpc) is 3.63. The Labute approximate surface area is 252 Å².